The molecular weight excluding hydrogens is 288 g/mol. The highest BCUT2D eigenvalue weighted by Crippen LogP contribution is 2.20. The zero-order valence-corrected chi connectivity index (χ0v) is 13.9. The molecule has 2 rings (SSSR count). The Morgan fingerprint density at radius 3 is 2.57 bits per heavy atom. The first-order valence-electron chi connectivity index (χ1n) is 7.49. The minimum absolute atomic E-state index is 0.0796. The van der Waals surface area contributed by atoms with Crippen LogP contribution in [0.25, 0.3) is 6.08 Å². The monoisotopic (exact) mass is 310 g/mol. The highest BCUT2D eigenvalue weighted by atomic mass is 16.2. The van der Waals surface area contributed by atoms with Crippen LogP contribution in [-0.2, 0) is 5.41 Å². The molecule has 0 fully saturated rings. The average Bonchev–Trinajstić information content (AvgIpc) is 2.98. The molecule has 0 aliphatic heterocycles. The van der Waals surface area contributed by atoms with Gasteiger partial charge in [-0.3, -0.25) is 9.89 Å². The summed E-state index contributed by atoms with van der Waals surface area (Å²) in [5.74, 6) is -0.333. The van der Waals surface area contributed by atoms with Crippen LogP contribution < -0.4 is 5.43 Å². The predicted octanol–water partition coefficient (Wildman–Crippen LogP) is 3.53. The van der Waals surface area contributed by atoms with Gasteiger partial charge < -0.3 is 0 Å². The number of H-pyrrole nitrogens is 1. The van der Waals surface area contributed by atoms with Crippen LogP contribution in [0.2, 0.25) is 0 Å². The summed E-state index contributed by atoms with van der Waals surface area (Å²) in [6.45, 7) is 8.09. The fraction of sp³-hybridized carbons (Fsp3) is 0.278. The predicted molar refractivity (Wildman–Crippen MR) is 93.3 cm³/mol. The number of hydrogen-bond donors (Lipinski definition) is 2. The van der Waals surface area contributed by atoms with E-state index in [4.69, 9.17) is 0 Å². The fourth-order valence-electron chi connectivity index (χ4n) is 1.92. The van der Waals surface area contributed by atoms with Gasteiger partial charge in [0.05, 0.1) is 6.21 Å². The first-order valence-corrected chi connectivity index (χ1v) is 7.49. The lowest BCUT2D eigenvalue weighted by Gasteiger charge is -2.14. The number of amides is 1. The Morgan fingerprint density at radius 2 is 1.96 bits per heavy atom. The number of benzene rings is 1. The maximum Gasteiger partial charge on any atom is 0.291 e. The van der Waals surface area contributed by atoms with Crippen LogP contribution >= 0.6 is 0 Å². The smallest absolute Gasteiger partial charge is 0.281 e. The Morgan fingerprint density at radius 1 is 1.26 bits per heavy atom. The van der Waals surface area contributed by atoms with Gasteiger partial charge in [0.2, 0.25) is 0 Å². The molecule has 0 saturated heterocycles. The van der Waals surface area contributed by atoms with E-state index >= 15 is 0 Å². The summed E-state index contributed by atoms with van der Waals surface area (Å²) in [4.78, 5) is 12.0. The molecular formula is C18H22N4O. The van der Waals surface area contributed by atoms with E-state index in [0.717, 1.165) is 16.8 Å². The summed E-state index contributed by atoms with van der Waals surface area (Å²) in [6.07, 6.45) is 3.60. The molecule has 1 heterocycles. The van der Waals surface area contributed by atoms with Gasteiger partial charge in [-0.1, -0.05) is 57.2 Å². The van der Waals surface area contributed by atoms with Gasteiger partial charge in [0.1, 0.15) is 0 Å². The normalized spacial score (nSPS) is 12.6. The number of rotatable bonds is 4. The van der Waals surface area contributed by atoms with E-state index in [9.17, 15) is 4.79 Å². The van der Waals surface area contributed by atoms with Crippen molar-refractivity contribution in [1.29, 1.82) is 0 Å². The van der Waals surface area contributed by atoms with E-state index < -0.39 is 0 Å². The minimum Gasteiger partial charge on any atom is -0.281 e. The Balaban J connectivity index is 1.96. The van der Waals surface area contributed by atoms with E-state index in [1.165, 1.54) is 0 Å². The Labute approximate surface area is 136 Å². The van der Waals surface area contributed by atoms with Crippen molar-refractivity contribution in [1.82, 2.24) is 15.6 Å². The summed E-state index contributed by atoms with van der Waals surface area (Å²) in [6, 6.07) is 11.7. The van der Waals surface area contributed by atoms with Crippen LogP contribution in [-0.4, -0.2) is 22.3 Å². The molecule has 0 saturated carbocycles. The molecule has 0 spiro atoms. The van der Waals surface area contributed by atoms with Crippen LogP contribution in [0.5, 0.6) is 0 Å². The van der Waals surface area contributed by atoms with Gasteiger partial charge in [-0.05, 0) is 24.1 Å². The lowest BCUT2D eigenvalue weighted by molar-refractivity contribution is 0.0950. The lowest BCUT2D eigenvalue weighted by atomic mass is 9.92. The lowest BCUT2D eigenvalue weighted by Crippen LogP contribution is -2.18. The van der Waals surface area contributed by atoms with Crippen molar-refractivity contribution in [2.75, 3.05) is 0 Å². The number of nitrogens with one attached hydrogen (secondary N) is 2. The molecule has 2 N–H and O–H groups in total. The number of nitrogens with zero attached hydrogens (tertiary/aromatic N) is 2. The molecule has 1 amide bonds. The Bertz CT molecular complexity index is 721. The second-order valence-corrected chi connectivity index (χ2v) is 6.42. The van der Waals surface area contributed by atoms with Crippen molar-refractivity contribution in [3.8, 4) is 0 Å². The maximum absolute atomic E-state index is 12.0. The van der Waals surface area contributed by atoms with Gasteiger partial charge in [-0.2, -0.15) is 10.2 Å². The molecule has 120 valence electrons. The molecule has 0 aliphatic rings. The van der Waals surface area contributed by atoms with E-state index in [-0.39, 0.29) is 11.3 Å². The fourth-order valence-corrected chi connectivity index (χ4v) is 1.92. The summed E-state index contributed by atoms with van der Waals surface area (Å²) in [5, 5.41) is 10.9. The van der Waals surface area contributed by atoms with Crippen LogP contribution in [0.4, 0.5) is 0 Å². The van der Waals surface area contributed by atoms with Gasteiger partial charge in [0.15, 0.2) is 5.69 Å². The standard InChI is InChI=1S/C18H22N4O/c1-13(10-14-8-6-5-7-9-14)12-19-22-17(23)15-11-16(21-20-15)18(2,3)4/h5-12H,1-4H3,(H,20,21)(H,22,23)/b13-10+,19-12+. The first kappa shape index (κ1) is 16.7. The van der Waals surface area contributed by atoms with E-state index in [1.807, 2.05) is 43.3 Å². The molecule has 0 aliphatic carbocycles. The number of hydrazone groups is 1. The third-order valence-electron chi connectivity index (χ3n) is 3.25. The Kier molecular flexibility index (Phi) is 5.11. The average molecular weight is 310 g/mol. The minimum atomic E-state index is -0.333. The van der Waals surface area contributed by atoms with Gasteiger partial charge in [0.25, 0.3) is 5.91 Å². The van der Waals surface area contributed by atoms with Crippen molar-refractivity contribution < 1.29 is 4.79 Å². The third-order valence-corrected chi connectivity index (χ3v) is 3.25. The summed E-state index contributed by atoms with van der Waals surface area (Å²) in [5.41, 5.74) is 5.67. The molecule has 2 aromatic rings. The molecule has 5 heteroatoms. The van der Waals surface area contributed by atoms with Gasteiger partial charge in [-0.15, -0.1) is 0 Å². The molecule has 0 radical (unpaired) electrons. The number of hydrogen-bond acceptors (Lipinski definition) is 3. The van der Waals surface area contributed by atoms with Crippen molar-refractivity contribution in [3.63, 3.8) is 0 Å². The number of aromatic nitrogens is 2. The van der Waals surface area contributed by atoms with E-state index in [0.29, 0.717) is 5.69 Å². The van der Waals surface area contributed by atoms with Gasteiger partial charge in [-0.25, -0.2) is 5.43 Å². The van der Waals surface area contributed by atoms with Crippen LogP contribution in [0.1, 0.15) is 49.4 Å². The highest BCUT2D eigenvalue weighted by Gasteiger charge is 2.18. The van der Waals surface area contributed by atoms with Crippen LogP contribution in [0, 0.1) is 0 Å². The second-order valence-electron chi connectivity index (χ2n) is 6.42. The van der Waals surface area contributed by atoms with Crippen molar-refractivity contribution in [2.24, 2.45) is 5.10 Å². The molecule has 0 bridgehead atoms. The number of carbonyl (C=O) groups is 1. The maximum atomic E-state index is 12.0. The van der Waals surface area contributed by atoms with Crippen LogP contribution in [0.3, 0.4) is 0 Å². The first-order chi connectivity index (χ1) is 10.9. The molecule has 5 nitrogen and oxygen atoms in total. The summed E-state index contributed by atoms with van der Waals surface area (Å²) >= 11 is 0. The van der Waals surface area contributed by atoms with E-state index in [1.54, 1.807) is 12.3 Å². The third kappa shape index (κ3) is 4.92. The molecule has 1 aromatic heterocycles. The van der Waals surface area contributed by atoms with E-state index in [2.05, 4.69) is 41.5 Å². The van der Waals surface area contributed by atoms with Crippen molar-refractivity contribution in [3.05, 3.63) is 58.9 Å². The van der Waals surface area contributed by atoms with Crippen molar-refractivity contribution in [2.45, 2.75) is 33.1 Å². The Hall–Kier alpha value is -2.69. The van der Waals surface area contributed by atoms with Crippen LogP contribution in [0.15, 0.2) is 47.1 Å². The van der Waals surface area contributed by atoms with Gasteiger partial charge >= 0.3 is 0 Å². The highest BCUT2D eigenvalue weighted by molar-refractivity contribution is 5.93. The number of allylic oxidation sites excluding steroid dienone is 1. The number of carbonyl (C=O) groups excluding carboxylic acids is 1. The SMILES string of the molecule is CC(/C=N/NC(=O)c1cc(C(C)(C)C)[nH]n1)=C\c1ccccc1. The number of aromatic amines is 1. The quantitative estimate of drug-likeness (QED) is 0.670. The summed E-state index contributed by atoms with van der Waals surface area (Å²) < 4.78 is 0. The molecule has 0 atom stereocenters. The molecule has 0 unspecified atom stereocenters. The molecule has 1 aromatic carbocycles. The zero-order chi connectivity index (χ0) is 16.9. The molecule has 23 heavy (non-hydrogen) atoms. The van der Waals surface area contributed by atoms with Crippen molar-refractivity contribution >= 4 is 18.2 Å². The summed E-state index contributed by atoms with van der Waals surface area (Å²) in [7, 11) is 0. The zero-order valence-electron chi connectivity index (χ0n) is 13.9. The second kappa shape index (κ2) is 7.05. The topological polar surface area (TPSA) is 70.1 Å². The van der Waals surface area contributed by atoms with Gasteiger partial charge in [0, 0.05) is 11.1 Å². The largest absolute Gasteiger partial charge is 0.291 e.